The van der Waals surface area contributed by atoms with Gasteiger partial charge in [-0.1, -0.05) is 36.4 Å². The van der Waals surface area contributed by atoms with Crippen LogP contribution in [0.2, 0.25) is 0 Å². The van der Waals surface area contributed by atoms with Crippen molar-refractivity contribution < 1.29 is 33.3 Å². The maximum absolute atomic E-state index is 14.8. The van der Waals surface area contributed by atoms with Crippen molar-refractivity contribution in [1.82, 2.24) is 0 Å². The average molecular weight is 372 g/mol. The van der Waals surface area contributed by atoms with Gasteiger partial charge in [0.2, 0.25) is 18.1 Å². The number of alkyl halides is 1. The molecule has 0 unspecified atom stereocenters. The summed E-state index contributed by atoms with van der Waals surface area (Å²) in [5.41, 5.74) is -1.95. The lowest BCUT2D eigenvalue weighted by Gasteiger charge is -2.21. The minimum absolute atomic E-state index is 0.204. The molecule has 0 amide bonds. The van der Waals surface area contributed by atoms with Gasteiger partial charge in [0, 0.05) is 0 Å². The lowest BCUT2D eigenvalue weighted by molar-refractivity contribution is -0.122. The van der Waals surface area contributed by atoms with Gasteiger partial charge in [-0.25, -0.2) is 14.0 Å². The van der Waals surface area contributed by atoms with Crippen LogP contribution in [0.5, 0.6) is 0 Å². The Balaban J connectivity index is 1.78. The topological polar surface area (TPSA) is 82.1 Å². The van der Waals surface area contributed by atoms with Crippen molar-refractivity contribution in [2.75, 3.05) is 0 Å². The molecule has 1 aliphatic rings. The number of carbonyl (C=O) groups is 2. The highest BCUT2D eigenvalue weighted by molar-refractivity contribution is 5.90. The van der Waals surface area contributed by atoms with Crippen LogP contribution in [-0.4, -0.2) is 35.1 Å². The first-order chi connectivity index (χ1) is 12.9. The van der Waals surface area contributed by atoms with Gasteiger partial charge in [0.05, 0.1) is 11.1 Å². The summed E-state index contributed by atoms with van der Waals surface area (Å²) in [6.07, 6.45) is -2.62. The number of halogens is 1. The lowest BCUT2D eigenvalue weighted by atomic mass is 10.0. The van der Waals surface area contributed by atoms with Crippen LogP contribution >= 0.6 is 0 Å². The molecule has 140 valence electrons. The van der Waals surface area contributed by atoms with Crippen LogP contribution in [0.3, 0.4) is 0 Å². The molecule has 7 heteroatoms. The van der Waals surface area contributed by atoms with Crippen molar-refractivity contribution in [3.05, 3.63) is 83.8 Å². The van der Waals surface area contributed by atoms with Crippen LogP contribution < -0.4 is 0 Å². The number of carbonyl (C=O) groups excluding carboxylic acids is 2. The van der Waals surface area contributed by atoms with E-state index < -0.39 is 30.0 Å². The van der Waals surface area contributed by atoms with Gasteiger partial charge in [-0.3, -0.25) is 0 Å². The third-order valence-corrected chi connectivity index (χ3v) is 4.03. The second-order valence-corrected chi connectivity index (χ2v) is 6.06. The van der Waals surface area contributed by atoms with Crippen molar-refractivity contribution in [2.24, 2.45) is 0 Å². The van der Waals surface area contributed by atoms with Gasteiger partial charge in [0.15, 0.2) is 5.76 Å². The quantitative estimate of drug-likeness (QED) is 0.656. The van der Waals surface area contributed by atoms with Crippen LogP contribution in [0.1, 0.15) is 27.6 Å². The Morgan fingerprint density at radius 1 is 1.04 bits per heavy atom. The fraction of sp³-hybridized carbons (Fsp3) is 0.200. The Morgan fingerprint density at radius 2 is 1.56 bits per heavy atom. The van der Waals surface area contributed by atoms with Crippen molar-refractivity contribution in [2.45, 2.75) is 25.0 Å². The Morgan fingerprint density at radius 3 is 2.11 bits per heavy atom. The van der Waals surface area contributed by atoms with Crippen molar-refractivity contribution >= 4 is 11.9 Å². The summed E-state index contributed by atoms with van der Waals surface area (Å²) >= 11 is 0. The number of aliphatic hydroxyl groups is 1. The van der Waals surface area contributed by atoms with Gasteiger partial charge in [0.1, 0.15) is 6.26 Å². The zero-order valence-corrected chi connectivity index (χ0v) is 14.4. The molecule has 1 aliphatic heterocycles. The van der Waals surface area contributed by atoms with Crippen molar-refractivity contribution in [3.63, 3.8) is 0 Å². The van der Waals surface area contributed by atoms with Crippen LogP contribution in [-0.2, 0) is 14.2 Å². The highest BCUT2D eigenvalue weighted by Crippen LogP contribution is 2.38. The molecule has 27 heavy (non-hydrogen) atoms. The monoisotopic (exact) mass is 372 g/mol. The summed E-state index contributed by atoms with van der Waals surface area (Å²) in [4.78, 5) is 24.2. The summed E-state index contributed by atoms with van der Waals surface area (Å²) in [6, 6.07) is 16.1. The third kappa shape index (κ3) is 3.98. The van der Waals surface area contributed by atoms with E-state index in [0.29, 0.717) is 0 Å². The molecule has 0 aromatic heterocycles. The van der Waals surface area contributed by atoms with E-state index in [1.54, 1.807) is 36.4 Å². The first-order valence-corrected chi connectivity index (χ1v) is 8.15. The highest BCUT2D eigenvalue weighted by atomic mass is 19.1. The number of hydrogen-bond donors (Lipinski definition) is 1. The van der Waals surface area contributed by atoms with E-state index in [-0.39, 0.29) is 16.9 Å². The molecule has 3 rings (SSSR count). The predicted molar refractivity (Wildman–Crippen MR) is 92.2 cm³/mol. The summed E-state index contributed by atoms with van der Waals surface area (Å²) in [7, 11) is 0. The lowest BCUT2D eigenvalue weighted by Crippen LogP contribution is -2.41. The van der Waals surface area contributed by atoms with E-state index in [4.69, 9.17) is 14.2 Å². The summed E-state index contributed by atoms with van der Waals surface area (Å²) in [6.45, 7) is 1.03. The standard InChI is InChI=1S/C20H17FO6/c1-20(21)16(27-18(23)14-10-6-3-7-11-14)15(26-19(20)24)12-25-17(22)13-8-4-2-5-9-13/h2-12,16,19,24H,1H3/b15-12+/t16-,19-,20-/m1/s1. The first kappa shape index (κ1) is 18.6. The van der Waals surface area contributed by atoms with E-state index >= 15 is 0 Å². The molecule has 2 aromatic carbocycles. The molecule has 0 spiro atoms. The molecule has 0 bridgehead atoms. The van der Waals surface area contributed by atoms with Gasteiger partial charge in [-0.05, 0) is 31.2 Å². The summed E-state index contributed by atoms with van der Waals surface area (Å²) < 4.78 is 30.0. The van der Waals surface area contributed by atoms with Crippen molar-refractivity contribution in [1.29, 1.82) is 0 Å². The van der Waals surface area contributed by atoms with E-state index in [1.807, 2.05) is 0 Å². The minimum Gasteiger partial charge on any atom is -0.458 e. The fourth-order valence-corrected chi connectivity index (χ4v) is 2.48. The largest absolute Gasteiger partial charge is 0.458 e. The molecule has 0 radical (unpaired) electrons. The van der Waals surface area contributed by atoms with Crippen LogP contribution in [0.15, 0.2) is 72.7 Å². The maximum Gasteiger partial charge on any atom is 0.343 e. The van der Waals surface area contributed by atoms with Gasteiger partial charge in [-0.15, -0.1) is 0 Å². The smallest absolute Gasteiger partial charge is 0.343 e. The third-order valence-electron chi connectivity index (χ3n) is 4.03. The SMILES string of the molecule is C[C@]1(F)[C@H](O)O/C(=C/OC(=O)c2ccccc2)[C@H]1OC(=O)c1ccccc1. The predicted octanol–water partition coefficient (Wildman–Crippen LogP) is 2.99. The molecule has 0 saturated carbocycles. The highest BCUT2D eigenvalue weighted by Gasteiger charge is 2.55. The molecule has 0 aliphatic carbocycles. The summed E-state index contributed by atoms with van der Waals surface area (Å²) in [5.74, 6) is -1.81. The number of aliphatic hydroxyl groups excluding tert-OH is 1. The normalized spacial score (nSPS) is 25.7. The number of hydrogen-bond acceptors (Lipinski definition) is 6. The molecule has 1 saturated heterocycles. The second-order valence-electron chi connectivity index (χ2n) is 6.06. The first-order valence-electron chi connectivity index (χ1n) is 8.15. The Hall–Kier alpha value is -3.19. The van der Waals surface area contributed by atoms with Gasteiger partial charge < -0.3 is 19.3 Å². The molecule has 1 fully saturated rings. The molecule has 1 N–H and O–H groups in total. The minimum atomic E-state index is -2.42. The summed E-state index contributed by atoms with van der Waals surface area (Å²) in [5, 5.41) is 9.79. The van der Waals surface area contributed by atoms with E-state index in [2.05, 4.69) is 0 Å². The Bertz CT molecular complexity index is 847. The molecular weight excluding hydrogens is 355 g/mol. The zero-order valence-electron chi connectivity index (χ0n) is 14.4. The maximum atomic E-state index is 14.8. The van der Waals surface area contributed by atoms with Crippen LogP contribution in [0.4, 0.5) is 4.39 Å². The molecule has 3 atom stereocenters. The molecule has 2 aromatic rings. The number of esters is 2. The van der Waals surface area contributed by atoms with Crippen LogP contribution in [0, 0.1) is 0 Å². The van der Waals surface area contributed by atoms with Crippen molar-refractivity contribution in [3.8, 4) is 0 Å². The fourth-order valence-electron chi connectivity index (χ4n) is 2.48. The Labute approximate surface area is 154 Å². The average Bonchev–Trinajstić information content (AvgIpc) is 2.90. The second kappa shape index (κ2) is 7.59. The number of benzene rings is 2. The number of rotatable bonds is 4. The Kier molecular flexibility index (Phi) is 5.23. The van der Waals surface area contributed by atoms with E-state index in [1.165, 1.54) is 24.3 Å². The van der Waals surface area contributed by atoms with Gasteiger partial charge in [-0.2, -0.15) is 0 Å². The van der Waals surface area contributed by atoms with E-state index in [0.717, 1.165) is 13.2 Å². The molecular formula is C20H17FO6. The molecule has 6 nitrogen and oxygen atoms in total. The van der Waals surface area contributed by atoms with Gasteiger partial charge in [0.25, 0.3) is 0 Å². The van der Waals surface area contributed by atoms with Gasteiger partial charge >= 0.3 is 11.9 Å². The van der Waals surface area contributed by atoms with Crippen LogP contribution in [0.25, 0.3) is 0 Å². The van der Waals surface area contributed by atoms with E-state index in [9.17, 15) is 19.1 Å². The number of ether oxygens (including phenoxy) is 3. The molecule has 1 heterocycles. The zero-order chi connectivity index (χ0) is 19.4.